The molecule has 2 aromatic heterocycles. The molecule has 5 rings (SSSR count). The average Bonchev–Trinajstić information content (AvgIpc) is 2.94. The van der Waals surface area contributed by atoms with Gasteiger partial charge in [0.05, 0.1) is 11.1 Å². The van der Waals surface area contributed by atoms with Crippen molar-refractivity contribution in [3.05, 3.63) is 99.1 Å². The summed E-state index contributed by atoms with van der Waals surface area (Å²) in [5.74, 6) is -0.981. The molecule has 0 saturated heterocycles. The summed E-state index contributed by atoms with van der Waals surface area (Å²) in [5, 5.41) is 9.65. The molecule has 216 valence electrons. The zero-order chi connectivity index (χ0) is 30.4. The van der Waals surface area contributed by atoms with Gasteiger partial charge in [0.1, 0.15) is 23.0 Å². The first-order valence-electron chi connectivity index (χ1n) is 12.9. The third kappa shape index (κ3) is 5.46. The van der Waals surface area contributed by atoms with Crippen molar-refractivity contribution >= 4 is 16.8 Å². The van der Waals surface area contributed by atoms with Crippen LogP contribution in [0.5, 0.6) is 0 Å². The molecule has 6 nitrogen and oxygen atoms in total. The second-order valence-electron chi connectivity index (χ2n) is 10.2. The monoisotopic (exact) mass is 584 g/mol. The molecule has 1 aliphatic heterocycles. The molecule has 0 aliphatic carbocycles. The minimum absolute atomic E-state index is 0.00339. The summed E-state index contributed by atoms with van der Waals surface area (Å²) in [6, 6.07) is 14.6. The molecule has 0 radical (unpaired) electrons. The van der Waals surface area contributed by atoms with Gasteiger partial charge in [-0.05, 0) is 53.8 Å². The van der Waals surface area contributed by atoms with Gasteiger partial charge in [-0.2, -0.15) is 31.6 Å². The molecule has 1 amide bonds. The lowest BCUT2D eigenvalue weighted by Crippen LogP contribution is -2.41. The van der Waals surface area contributed by atoms with Crippen LogP contribution >= 0.6 is 0 Å². The van der Waals surface area contributed by atoms with Gasteiger partial charge in [0, 0.05) is 30.6 Å². The summed E-state index contributed by atoms with van der Waals surface area (Å²) >= 11 is 0. The third-order valence-corrected chi connectivity index (χ3v) is 7.18. The predicted molar refractivity (Wildman–Crippen MR) is 141 cm³/mol. The van der Waals surface area contributed by atoms with Gasteiger partial charge in [0.2, 0.25) is 0 Å². The number of carbonyl (C=O) groups excluding carboxylic acids is 1. The van der Waals surface area contributed by atoms with E-state index < -0.39 is 41.5 Å². The first-order chi connectivity index (χ1) is 19.8. The van der Waals surface area contributed by atoms with Crippen molar-refractivity contribution in [2.75, 3.05) is 6.54 Å². The van der Waals surface area contributed by atoms with E-state index in [1.807, 2.05) is 6.07 Å². The van der Waals surface area contributed by atoms with Crippen LogP contribution in [0.2, 0.25) is 0 Å². The van der Waals surface area contributed by atoms with Crippen molar-refractivity contribution < 1.29 is 31.1 Å². The lowest BCUT2D eigenvalue weighted by Gasteiger charge is -2.32. The average molecular weight is 585 g/mol. The van der Waals surface area contributed by atoms with E-state index in [0.29, 0.717) is 29.7 Å². The molecule has 1 aliphatic rings. The standard InChI is InChI=1S/C30H22F6N4O2/c1-17-9-10-40-26(24(19-5-3-2-4-6-19)23-8-7-22(14-37)38-25(23)27(40)41)28(42)39(15-17)16-18-11-20(29(31,32)33)13-21(12-18)30(34,35)36/h2-8,11-13,17H,9-10,15-16H2,1H3. The van der Waals surface area contributed by atoms with E-state index in [2.05, 4.69) is 4.98 Å². The number of nitrogens with zero attached hydrogens (tertiary/aromatic N) is 4. The number of pyridine rings is 2. The highest BCUT2D eigenvalue weighted by Gasteiger charge is 2.38. The van der Waals surface area contributed by atoms with E-state index in [9.17, 15) is 41.2 Å². The van der Waals surface area contributed by atoms with Crippen molar-refractivity contribution in [3.8, 4) is 17.2 Å². The van der Waals surface area contributed by atoms with E-state index in [0.717, 1.165) is 0 Å². The van der Waals surface area contributed by atoms with Crippen LogP contribution in [0.25, 0.3) is 22.0 Å². The van der Waals surface area contributed by atoms with E-state index >= 15 is 0 Å². The van der Waals surface area contributed by atoms with Crippen LogP contribution in [0.4, 0.5) is 26.3 Å². The molecule has 1 atom stereocenters. The molecule has 0 spiro atoms. The maximum absolute atomic E-state index is 14.3. The minimum Gasteiger partial charge on any atom is -0.333 e. The minimum atomic E-state index is -5.04. The summed E-state index contributed by atoms with van der Waals surface area (Å²) in [4.78, 5) is 33.3. The second kappa shape index (κ2) is 10.6. The Morgan fingerprint density at radius 3 is 2.19 bits per heavy atom. The maximum Gasteiger partial charge on any atom is 0.416 e. The number of amides is 1. The number of hydrogen-bond acceptors (Lipinski definition) is 4. The molecule has 0 saturated carbocycles. The van der Waals surface area contributed by atoms with Crippen molar-refractivity contribution in [1.29, 1.82) is 5.26 Å². The van der Waals surface area contributed by atoms with Crippen LogP contribution in [0.3, 0.4) is 0 Å². The number of rotatable bonds is 3. The first-order valence-corrected chi connectivity index (χ1v) is 12.9. The number of aromatic nitrogens is 2. The highest BCUT2D eigenvalue weighted by Crippen LogP contribution is 2.37. The van der Waals surface area contributed by atoms with Gasteiger partial charge in [-0.1, -0.05) is 37.3 Å². The van der Waals surface area contributed by atoms with Crippen LogP contribution in [0.15, 0.2) is 65.5 Å². The molecule has 4 aromatic rings. The molecule has 3 heterocycles. The predicted octanol–water partition coefficient (Wildman–Crippen LogP) is 6.65. The van der Waals surface area contributed by atoms with Crippen molar-refractivity contribution in [3.63, 3.8) is 0 Å². The largest absolute Gasteiger partial charge is 0.416 e. The number of halogens is 6. The highest BCUT2D eigenvalue weighted by atomic mass is 19.4. The summed E-state index contributed by atoms with van der Waals surface area (Å²) in [5.41, 5.74) is -3.16. The van der Waals surface area contributed by atoms with Crippen LogP contribution in [0, 0.1) is 17.2 Å². The van der Waals surface area contributed by atoms with Crippen LogP contribution in [0.1, 0.15) is 46.2 Å². The van der Waals surface area contributed by atoms with Crippen molar-refractivity contribution in [1.82, 2.24) is 14.5 Å². The Bertz CT molecular complexity index is 1760. The SMILES string of the molecule is CC1CCn2c(c(-c3ccccc3)c3ccc(C#N)nc3c2=O)C(=O)N(Cc2cc(C(F)(F)F)cc(C(F)(F)F)c2)C1. The van der Waals surface area contributed by atoms with Gasteiger partial charge in [-0.15, -0.1) is 0 Å². The zero-order valence-corrected chi connectivity index (χ0v) is 22.1. The number of nitriles is 1. The fraction of sp³-hybridized carbons (Fsp3) is 0.267. The van der Waals surface area contributed by atoms with Crippen LogP contribution < -0.4 is 5.56 Å². The quantitative estimate of drug-likeness (QED) is 0.253. The number of hydrogen-bond donors (Lipinski definition) is 0. The molecule has 0 bridgehead atoms. The highest BCUT2D eigenvalue weighted by molar-refractivity contribution is 6.07. The van der Waals surface area contributed by atoms with Gasteiger partial charge in [0.25, 0.3) is 11.5 Å². The topological polar surface area (TPSA) is 79.0 Å². The lowest BCUT2D eigenvalue weighted by molar-refractivity contribution is -0.143. The Morgan fingerprint density at radius 2 is 1.60 bits per heavy atom. The number of alkyl halides is 6. The maximum atomic E-state index is 14.3. The van der Waals surface area contributed by atoms with E-state index in [1.165, 1.54) is 21.6 Å². The smallest absolute Gasteiger partial charge is 0.333 e. The molecule has 2 aromatic carbocycles. The van der Waals surface area contributed by atoms with Crippen LogP contribution in [-0.4, -0.2) is 26.9 Å². The van der Waals surface area contributed by atoms with Gasteiger partial charge in [-0.25, -0.2) is 4.98 Å². The molecule has 12 heteroatoms. The Hall–Kier alpha value is -4.66. The molecule has 0 N–H and O–H groups in total. The lowest BCUT2D eigenvalue weighted by atomic mass is 9.95. The van der Waals surface area contributed by atoms with Crippen LogP contribution in [-0.2, 0) is 25.4 Å². The number of carbonyl (C=O) groups is 1. The Balaban J connectivity index is 1.74. The molecule has 42 heavy (non-hydrogen) atoms. The van der Waals surface area contributed by atoms with Crippen molar-refractivity contribution in [2.24, 2.45) is 5.92 Å². The molecular formula is C30H22F6N4O2. The summed E-state index contributed by atoms with van der Waals surface area (Å²) < 4.78 is 82.5. The normalized spacial score (nSPS) is 16.1. The fourth-order valence-corrected chi connectivity index (χ4v) is 5.23. The fourth-order valence-electron chi connectivity index (χ4n) is 5.23. The Morgan fingerprint density at radius 1 is 0.952 bits per heavy atom. The van der Waals surface area contributed by atoms with Gasteiger partial charge < -0.3 is 9.47 Å². The van der Waals surface area contributed by atoms with E-state index in [1.54, 1.807) is 37.3 Å². The van der Waals surface area contributed by atoms with Gasteiger partial charge in [0.15, 0.2) is 0 Å². The Labute approximate surface area is 235 Å². The third-order valence-electron chi connectivity index (χ3n) is 7.18. The van der Waals surface area contributed by atoms with Crippen molar-refractivity contribution in [2.45, 2.75) is 38.8 Å². The molecule has 1 unspecified atom stereocenters. The summed E-state index contributed by atoms with van der Waals surface area (Å²) in [6.07, 6.45) is -9.71. The first kappa shape index (κ1) is 28.9. The van der Waals surface area contributed by atoms with E-state index in [4.69, 9.17) is 0 Å². The summed E-state index contributed by atoms with van der Waals surface area (Å²) in [7, 11) is 0. The van der Waals surface area contributed by atoms with Gasteiger partial charge >= 0.3 is 12.4 Å². The second-order valence-corrected chi connectivity index (χ2v) is 10.2. The molecule has 0 fully saturated rings. The van der Waals surface area contributed by atoms with E-state index in [-0.39, 0.29) is 52.9 Å². The van der Waals surface area contributed by atoms with Gasteiger partial charge in [-0.3, -0.25) is 9.59 Å². The Kier molecular flexibility index (Phi) is 7.30. The zero-order valence-electron chi connectivity index (χ0n) is 22.1. The number of benzene rings is 2. The number of fused-ring (bicyclic) bond motifs is 2. The molecular weight excluding hydrogens is 562 g/mol. The summed E-state index contributed by atoms with van der Waals surface area (Å²) in [6.45, 7) is 1.37.